The van der Waals surface area contributed by atoms with Gasteiger partial charge in [0.1, 0.15) is 0 Å². The van der Waals surface area contributed by atoms with Crippen LogP contribution in [0.3, 0.4) is 0 Å². The highest BCUT2D eigenvalue weighted by atomic mass is 16.3. The topological polar surface area (TPSA) is 69.6 Å². The molecule has 2 saturated heterocycles. The molecule has 0 aromatic heterocycles. The maximum atomic E-state index is 11.4. The van der Waals surface area contributed by atoms with Crippen molar-refractivity contribution in [2.75, 3.05) is 13.1 Å². The highest BCUT2D eigenvalue weighted by Crippen LogP contribution is 2.45. The van der Waals surface area contributed by atoms with Crippen LogP contribution in [0.4, 0.5) is 0 Å². The molecule has 5 heteroatoms. The van der Waals surface area contributed by atoms with E-state index in [1.54, 1.807) is 0 Å². The summed E-state index contributed by atoms with van der Waals surface area (Å²) < 4.78 is 0. The molecule has 0 bridgehead atoms. The lowest BCUT2D eigenvalue weighted by Gasteiger charge is -2.48. The predicted molar refractivity (Wildman–Crippen MR) is 50.8 cm³/mol. The molecule has 2 aliphatic heterocycles. The first-order chi connectivity index (χ1) is 7.08. The second-order valence-electron chi connectivity index (χ2n) is 4.92. The molecule has 1 saturated carbocycles. The number of imide groups is 1. The van der Waals surface area contributed by atoms with E-state index in [0.29, 0.717) is 19.0 Å². The average molecular weight is 210 g/mol. The van der Waals surface area contributed by atoms with Crippen molar-refractivity contribution in [3.05, 3.63) is 0 Å². The Kier molecular flexibility index (Phi) is 1.73. The number of carbonyl (C=O) groups is 2. The molecule has 0 spiro atoms. The first kappa shape index (κ1) is 9.30. The van der Waals surface area contributed by atoms with Gasteiger partial charge in [0.2, 0.25) is 11.8 Å². The first-order valence-electron chi connectivity index (χ1n) is 5.39. The molecule has 0 radical (unpaired) electrons. The molecule has 15 heavy (non-hydrogen) atoms. The summed E-state index contributed by atoms with van der Waals surface area (Å²) in [6.45, 7) is 1.09. The number of rotatable bonds is 2. The fraction of sp³-hybridized carbons (Fsp3) is 0.800. The largest absolute Gasteiger partial charge is 0.387 e. The minimum Gasteiger partial charge on any atom is -0.387 e. The van der Waals surface area contributed by atoms with Crippen molar-refractivity contribution >= 4 is 11.8 Å². The summed E-state index contributed by atoms with van der Waals surface area (Å²) in [7, 11) is 0. The maximum Gasteiger partial charge on any atom is 0.244 e. The van der Waals surface area contributed by atoms with E-state index in [2.05, 4.69) is 5.32 Å². The normalized spacial score (nSPS) is 35.1. The smallest absolute Gasteiger partial charge is 0.244 e. The Balaban J connectivity index is 1.62. The van der Waals surface area contributed by atoms with E-state index in [1.807, 2.05) is 4.90 Å². The van der Waals surface area contributed by atoms with Crippen LogP contribution in [0.1, 0.15) is 19.3 Å². The molecular formula is C10H14N2O3. The minimum absolute atomic E-state index is 0.202. The molecule has 3 aliphatic rings. The Morgan fingerprint density at radius 1 is 1.33 bits per heavy atom. The van der Waals surface area contributed by atoms with E-state index in [0.717, 1.165) is 12.8 Å². The lowest BCUT2D eigenvalue weighted by molar-refractivity contribution is -0.145. The molecule has 2 amide bonds. The second-order valence-corrected chi connectivity index (χ2v) is 4.92. The second kappa shape index (κ2) is 2.80. The van der Waals surface area contributed by atoms with Gasteiger partial charge >= 0.3 is 0 Å². The lowest BCUT2D eigenvalue weighted by Crippen LogP contribution is -2.66. The summed E-state index contributed by atoms with van der Waals surface area (Å²) in [4.78, 5) is 24.3. The van der Waals surface area contributed by atoms with Crippen LogP contribution in [0, 0.1) is 5.92 Å². The molecule has 0 aromatic carbocycles. The van der Waals surface area contributed by atoms with E-state index in [1.165, 1.54) is 0 Å². The Hall–Kier alpha value is -0.940. The van der Waals surface area contributed by atoms with Crippen molar-refractivity contribution in [2.45, 2.75) is 30.9 Å². The number of nitrogens with zero attached hydrogens (tertiary/aromatic N) is 1. The summed E-state index contributed by atoms with van der Waals surface area (Å²) >= 11 is 0. The van der Waals surface area contributed by atoms with Crippen molar-refractivity contribution in [3.63, 3.8) is 0 Å². The number of likely N-dealkylation sites (tertiary alicyclic amines) is 1. The van der Waals surface area contributed by atoms with Crippen molar-refractivity contribution < 1.29 is 14.7 Å². The SMILES string of the molecule is O=C1CC(N2CC(O)(C3CC3)C2)C(=O)N1. The van der Waals surface area contributed by atoms with Gasteiger partial charge in [-0.1, -0.05) is 0 Å². The third-order valence-corrected chi connectivity index (χ3v) is 3.68. The summed E-state index contributed by atoms with van der Waals surface area (Å²) in [5, 5.41) is 12.4. The van der Waals surface area contributed by atoms with Crippen LogP contribution in [0.2, 0.25) is 0 Å². The Morgan fingerprint density at radius 2 is 2.00 bits per heavy atom. The summed E-state index contributed by atoms with van der Waals surface area (Å²) in [6, 6.07) is -0.337. The van der Waals surface area contributed by atoms with E-state index < -0.39 is 5.60 Å². The Bertz CT molecular complexity index is 332. The molecule has 0 aromatic rings. The Labute approximate surface area is 87.4 Å². The number of hydrogen-bond donors (Lipinski definition) is 2. The summed E-state index contributed by atoms with van der Waals surface area (Å²) in [5.74, 6) is 0.0126. The van der Waals surface area contributed by atoms with Crippen LogP contribution in [0.25, 0.3) is 0 Å². The highest BCUT2D eigenvalue weighted by molar-refractivity contribution is 6.05. The lowest BCUT2D eigenvalue weighted by atomic mass is 9.87. The molecule has 3 fully saturated rings. The van der Waals surface area contributed by atoms with E-state index >= 15 is 0 Å². The standard InChI is InChI=1S/C10H14N2O3/c13-8-3-7(9(14)11-8)12-4-10(15,5-12)6-1-2-6/h6-7,15H,1-5H2,(H,11,13,14). The molecule has 3 rings (SSSR count). The number of nitrogens with one attached hydrogen (secondary N) is 1. The molecule has 1 atom stereocenters. The van der Waals surface area contributed by atoms with E-state index in [-0.39, 0.29) is 24.3 Å². The molecule has 2 heterocycles. The van der Waals surface area contributed by atoms with Gasteiger partial charge in [-0.3, -0.25) is 19.8 Å². The van der Waals surface area contributed by atoms with Gasteiger partial charge < -0.3 is 5.11 Å². The number of carbonyl (C=O) groups excluding carboxylic acids is 2. The monoisotopic (exact) mass is 210 g/mol. The van der Waals surface area contributed by atoms with Gasteiger partial charge in [0, 0.05) is 13.1 Å². The molecule has 1 unspecified atom stereocenters. The maximum absolute atomic E-state index is 11.4. The molecule has 82 valence electrons. The van der Waals surface area contributed by atoms with E-state index in [4.69, 9.17) is 0 Å². The van der Waals surface area contributed by atoms with Crippen molar-refractivity contribution in [1.82, 2.24) is 10.2 Å². The first-order valence-corrected chi connectivity index (χ1v) is 5.39. The molecule has 5 nitrogen and oxygen atoms in total. The number of aliphatic hydroxyl groups is 1. The van der Waals surface area contributed by atoms with Crippen LogP contribution in [-0.2, 0) is 9.59 Å². The van der Waals surface area contributed by atoms with Gasteiger partial charge in [0.15, 0.2) is 0 Å². The van der Waals surface area contributed by atoms with Gasteiger partial charge in [-0.05, 0) is 18.8 Å². The number of β-amino-alcohol motifs (C(OH)–C–C–N with tert-alkyl or cyclic N) is 1. The molecule has 2 N–H and O–H groups in total. The Morgan fingerprint density at radius 3 is 2.47 bits per heavy atom. The van der Waals surface area contributed by atoms with Crippen LogP contribution in [0.5, 0.6) is 0 Å². The van der Waals surface area contributed by atoms with E-state index in [9.17, 15) is 14.7 Å². The van der Waals surface area contributed by atoms with Gasteiger partial charge in [0.25, 0.3) is 0 Å². The summed E-state index contributed by atoms with van der Waals surface area (Å²) in [5.41, 5.74) is -0.577. The van der Waals surface area contributed by atoms with Crippen LogP contribution in [-0.4, -0.2) is 46.6 Å². The van der Waals surface area contributed by atoms with Gasteiger partial charge in [-0.15, -0.1) is 0 Å². The zero-order valence-corrected chi connectivity index (χ0v) is 8.40. The zero-order valence-electron chi connectivity index (χ0n) is 8.40. The number of amides is 2. The predicted octanol–water partition coefficient (Wildman–Crippen LogP) is -1.14. The molecule has 1 aliphatic carbocycles. The zero-order chi connectivity index (χ0) is 10.6. The van der Waals surface area contributed by atoms with Gasteiger partial charge in [-0.2, -0.15) is 0 Å². The van der Waals surface area contributed by atoms with Crippen LogP contribution < -0.4 is 5.32 Å². The van der Waals surface area contributed by atoms with Gasteiger partial charge in [0.05, 0.1) is 18.1 Å². The quantitative estimate of drug-likeness (QED) is 0.565. The third kappa shape index (κ3) is 1.38. The minimum atomic E-state index is -0.577. The van der Waals surface area contributed by atoms with Crippen molar-refractivity contribution in [3.8, 4) is 0 Å². The average Bonchev–Trinajstić information content (AvgIpc) is 2.88. The highest BCUT2D eigenvalue weighted by Gasteiger charge is 2.55. The fourth-order valence-electron chi connectivity index (χ4n) is 2.59. The van der Waals surface area contributed by atoms with Crippen LogP contribution >= 0.6 is 0 Å². The van der Waals surface area contributed by atoms with Crippen molar-refractivity contribution in [1.29, 1.82) is 0 Å². The fourth-order valence-corrected chi connectivity index (χ4v) is 2.59. The molecular weight excluding hydrogens is 196 g/mol. The van der Waals surface area contributed by atoms with Crippen molar-refractivity contribution in [2.24, 2.45) is 5.92 Å². The van der Waals surface area contributed by atoms with Crippen LogP contribution in [0.15, 0.2) is 0 Å². The van der Waals surface area contributed by atoms with Gasteiger partial charge in [-0.25, -0.2) is 0 Å². The third-order valence-electron chi connectivity index (χ3n) is 3.68. The summed E-state index contributed by atoms with van der Waals surface area (Å²) in [6.07, 6.45) is 2.44. The number of hydrogen-bond acceptors (Lipinski definition) is 4.